The van der Waals surface area contributed by atoms with Crippen LogP contribution in [-0.2, 0) is 24.2 Å². The molecule has 1 saturated carbocycles. The standard InChI is InChI=1S/C36H46N2O10Si/c1-7-43-32(41)28-29(48-31(40)26-14-10-8-11-15-26)30(39)38-33(37-28)36(45-23-22-44-34(42)47-27-16-12-9-13-17-27)20-18-25(19-21-36)24-46-49(5,6)35(2,3)4/h8-17,25H,7,18-24H2,1-6H3,(H,37,38,39). The Labute approximate surface area is 287 Å². The Morgan fingerprint density at radius 3 is 2.14 bits per heavy atom. The second kappa shape index (κ2) is 16.4. The maximum absolute atomic E-state index is 13.5. The number of hydrogen-bond donors (Lipinski definition) is 1. The molecule has 1 heterocycles. The fourth-order valence-electron chi connectivity index (χ4n) is 5.12. The summed E-state index contributed by atoms with van der Waals surface area (Å²) in [5.41, 5.74) is -2.27. The van der Waals surface area contributed by atoms with Crippen LogP contribution in [0.5, 0.6) is 11.5 Å². The zero-order valence-electron chi connectivity index (χ0n) is 29.0. The van der Waals surface area contributed by atoms with Gasteiger partial charge in [-0.1, -0.05) is 57.2 Å². The topological polar surface area (TPSA) is 152 Å². The van der Waals surface area contributed by atoms with Crippen LogP contribution >= 0.6 is 0 Å². The Morgan fingerprint density at radius 2 is 1.53 bits per heavy atom. The summed E-state index contributed by atoms with van der Waals surface area (Å²) in [7, 11) is -1.98. The van der Waals surface area contributed by atoms with Gasteiger partial charge in [0.1, 0.15) is 23.8 Å². The average Bonchev–Trinajstić information content (AvgIpc) is 3.07. The van der Waals surface area contributed by atoms with Gasteiger partial charge in [0.15, 0.2) is 14.0 Å². The number of aromatic amines is 1. The van der Waals surface area contributed by atoms with E-state index in [0.717, 1.165) is 0 Å². The van der Waals surface area contributed by atoms with Gasteiger partial charge in [-0.15, -0.1) is 0 Å². The van der Waals surface area contributed by atoms with Crippen LogP contribution in [0.15, 0.2) is 65.5 Å². The molecule has 0 spiro atoms. The van der Waals surface area contributed by atoms with E-state index in [9.17, 15) is 19.2 Å². The van der Waals surface area contributed by atoms with Gasteiger partial charge in [0.25, 0.3) is 5.56 Å². The Balaban J connectivity index is 1.58. The lowest BCUT2D eigenvalue weighted by Crippen LogP contribution is -2.44. The smallest absolute Gasteiger partial charge is 0.461 e. The van der Waals surface area contributed by atoms with Gasteiger partial charge in [0, 0.05) is 6.61 Å². The van der Waals surface area contributed by atoms with E-state index in [4.69, 9.17) is 28.1 Å². The largest absolute Gasteiger partial charge is 0.513 e. The van der Waals surface area contributed by atoms with Crippen LogP contribution in [-0.4, -0.2) is 62.8 Å². The number of ether oxygens (including phenoxy) is 5. The summed E-state index contributed by atoms with van der Waals surface area (Å²) in [6.07, 6.45) is 1.29. The van der Waals surface area contributed by atoms with Crippen molar-refractivity contribution >= 4 is 26.4 Å². The number of aromatic nitrogens is 2. The number of carbonyl (C=O) groups excluding carboxylic acids is 3. The highest BCUT2D eigenvalue weighted by molar-refractivity contribution is 6.74. The molecular formula is C36H46N2O10Si. The first-order valence-corrected chi connectivity index (χ1v) is 19.4. The molecule has 1 N–H and O–H groups in total. The summed E-state index contributed by atoms with van der Waals surface area (Å²) in [6, 6.07) is 16.6. The molecule has 0 saturated heterocycles. The summed E-state index contributed by atoms with van der Waals surface area (Å²) < 4.78 is 33.9. The van der Waals surface area contributed by atoms with Gasteiger partial charge in [0.05, 0.1) is 18.8 Å². The normalized spacial score (nSPS) is 18.0. The number of para-hydroxylation sites is 1. The van der Waals surface area contributed by atoms with E-state index in [1.54, 1.807) is 55.5 Å². The van der Waals surface area contributed by atoms with Crippen LogP contribution in [0.2, 0.25) is 18.1 Å². The third kappa shape index (κ3) is 9.86. The van der Waals surface area contributed by atoms with E-state index in [1.165, 1.54) is 12.1 Å². The fourth-order valence-corrected chi connectivity index (χ4v) is 6.20. The van der Waals surface area contributed by atoms with Gasteiger partial charge in [0.2, 0.25) is 5.75 Å². The zero-order chi connectivity index (χ0) is 35.7. The molecule has 13 heteroatoms. The van der Waals surface area contributed by atoms with Crippen molar-refractivity contribution < 1.29 is 42.5 Å². The van der Waals surface area contributed by atoms with E-state index in [-0.39, 0.29) is 42.2 Å². The molecule has 12 nitrogen and oxygen atoms in total. The van der Waals surface area contributed by atoms with Crippen LogP contribution in [0.25, 0.3) is 0 Å². The van der Waals surface area contributed by atoms with Gasteiger partial charge >= 0.3 is 18.1 Å². The monoisotopic (exact) mass is 694 g/mol. The summed E-state index contributed by atoms with van der Waals surface area (Å²) in [5.74, 6) is -1.69. The third-order valence-electron chi connectivity index (χ3n) is 9.01. The second-order valence-electron chi connectivity index (χ2n) is 13.4. The van der Waals surface area contributed by atoms with Crippen molar-refractivity contribution in [1.29, 1.82) is 0 Å². The Hall–Kier alpha value is -4.33. The molecule has 1 fully saturated rings. The SMILES string of the molecule is CCOC(=O)c1nc(C2(OCCOC(=O)Oc3ccccc3)CCC(CO[Si](C)(C)C(C)(C)C)CC2)[nH]c(=O)c1OC(=O)c1ccccc1. The third-order valence-corrected chi connectivity index (χ3v) is 13.5. The highest BCUT2D eigenvalue weighted by atomic mass is 28.4. The molecule has 2 aromatic carbocycles. The van der Waals surface area contributed by atoms with Gasteiger partial charge in [-0.2, -0.15) is 0 Å². The molecule has 0 aliphatic heterocycles. The molecule has 1 aromatic heterocycles. The minimum absolute atomic E-state index is 0.00267. The number of hydrogen-bond acceptors (Lipinski definition) is 11. The molecule has 1 aliphatic rings. The lowest BCUT2D eigenvalue weighted by Gasteiger charge is -2.41. The molecule has 264 valence electrons. The van der Waals surface area contributed by atoms with Crippen molar-refractivity contribution in [2.75, 3.05) is 26.4 Å². The minimum atomic E-state index is -1.98. The van der Waals surface area contributed by atoms with E-state index >= 15 is 0 Å². The van der Waals surface area contributed by atoms with E-state index < -0.39 is 49.0 Å². The maximum Gasteiger partial charge on any atom is 0.513 e. The van der Waals surface area contributed by atoms with Crippen molar-refractivity contribution in [3.63, 3.8) is 0 Å². The average molecular weight is 695 g/mol. The number of H-pyrrole nitrogens is 1. The van der Waals surface area contributed by atoms with Gasteiger partial charge in [-0.3, -0.25) is 4.79 Å². The van der Waals surface area contributed by atoms with Gasteiger partial charge < -0.3 is 33.1 Å². The van der Waals surface area contributed by atoms with Crippen molar-refractivity contribution in [3.8, 4) is 11.5 Å². The summed E-state index contributed by atoms with van der Waals surface area (Å²) in [5, 5.41) is 0.0643. The van der Waals surface area contributed by atoms with Crippen molar-refractivity contribution in [1.82, 2.24) is 9.97 Å². The molecule has 0 bridgehead atoms. The van der Waals surface area contributed by atoms with Crippen molar-refractivity contribution in [2.24, 2.45) is 5.92 Å². The minimum Gasteiger partial charge on any atom is -0.461 e. The Kier molecular flexibility index (Phi) is 12.5. The highest BCUT2D eigenvalue weighted by Crippen LogP contribution is 2.43. The first-order chi connectivity index (χ1) is 23.2. The molecule has 1 aliphatic carbocycles. The molecule has 3 aromatic rings. The van der Waals surface area contributed by atoms with Crippen molar-refractivity contribution in [2.45, 2.75) is 77.1 Å². The number of rotatable bonds is 13. The molecule has 4 rings (SSSR count). The Morgan fingerprint density at radius 1 is 0.898 bits per heavy atom. The van der Waals surface area contributed by atoms with E-state index in [1.807, 2.05) is 0 Å². The van der Waals surface area contributed by atoms with Crippen LogP contribution in [0, 0.1) is 5.92 Å². The summed E-state index contributed by atoms with van der Waals surface area (Å²) in [4.78, 5) is 59.1. The summed E-state index contributed by atoms with van der Waals surface area (Å²) in [6.45, 7) is 13.0. The number of nitrogens with zero attached hydrogens (tertiary/aromatic N) is 1. The first kappa shape index (κ1) is 37.5. The van der Waals surface area contributed by atoms with Crippen LogP contribution in [0.4, 0.5) is 4.79 Å². The molecule has 0 radical (unpaired) electrons. The zero-order valence-corrected chi connectivity index (χ0v) is 30.0. The van der Waals surface area contributed by atoms with Crippen LogP contribution < -0.4 is 15.0 Å². The van der Waals surface area contributed by atoms with Gasteiger partial charge in [-0.25, -0.2) is 19.4 Å². The number of benzene rings is 2. The number of esters is 2. The first-order valence-electron chi connectivity index (χ1n) is 16.5. The molecular weight excluding hydrogens is 648 g/mol. The molecule has 49 heavy (non-hydrogen) atoms. The Bertz CT molecular complexity index is 1630. The van der Waals surface area contributed by atoms with Crippen LogP contribution in [0.3, 0.4) is 0 Å². The predicted octanol–water partition coefficient (Wildman–Crippen LogP) is 6.81. The van der Waals surface area contributed by atoms with Gasteiger partial charge in [-0.05, 0) is 80.9 Å². The number of nitrogens with one attached hydrogen (secondary N) is 1. The van der Waals surface area contributed by atoms with Crippen LogP contribution in [0.1, 0.15) is 80.0 Å². The lowest BCUT2D eigenvalue weighted by molar-refractivity contribution is -0.103. The molecule has 0 unspecified atom stereocenters. The molecule has 0 atom stereocenters. The lowest BCUT2D eigenvalue weighted by atomic mass is 9.78. The summed E-state index contributed by atoms with van der Waals surface area (Å²) >= 11 is 0. The maximum atomic E-state index is 13.5. The second-order valence-corrected chi connectivity index (χ2v) is 18.2. The number of carbonyl (C=O) groups is 3. The van der Waals surface area contributed by atoms with Crippen molar-refractivity contribution in [3.05, 3.63) is 88.1 Å². The fraction of sp³-hybridized carbons (Fsp3) is 0.472. The quantitative estimate of drug-likeness (QED) is 0.0870. The predicted molar refractivity (Wildman–Crippen MR) is 183 cm³/mol. The van der Waals surface area contributed by atoms with E-state index in [0.29, 0.717) is 38.0 Å². The van der Waals surface area contributed by atoms with E-state index in [2.05, 4.69) is 43.8 Å². The highest BCUT2D eigenvalue weighted by Gasteiger charge is 2.43. The molecule has 0 amide bonds.